The number of amides is 1. The maximum Gasteiger partial charge on any atom is 2.00 e. The van der Waals surface area contributed by atoms with Crippen LogP contribution in [0.2, 0.25) is 0 Å². The van der Waals surface area contributed by atoms with Crippen LogP contribution in [0.5, 0.6) is 0 Å². The predicted molar refractivity (Wildman–Crippen MR) is 115 cm³/mol. The van der Waals surface area contributed by atoms with Gasteiger partial charge in [-0.1, -0.05) is 5.69 Å². The largest absolute Gasteiger partial charge is 2.00 e. The predicted octanol–water partition coefficient (Wildman–Crippen LogP) is 5.03. The van der Waals surface area contributed by atoms with Crippen molar-refractivity contribution in [3.8, 4) is 6.07 Å². The number of nitrogens with one attached hydrogen (secondary N) is 1. The van der Waals surface area contributed by atoms with Crippen LogP contribution in [0.3, 0.4) is 0 Å². The Hall–Kier alpha value is -1.74. The maximum atomic E-state index is 13.8. The van der Waals surface area contributed by atoms with E-state index in [2.05, 4.69) is 16.4 Å². The van der Waals surface area contributed by atoms with Crippen LogP contribution in [0.1, 0.15) is 46.4 Å². The van der Waals surface area contributed by atoms with E-state index in [1.807, 2.05) is 0 Å². The minimum atomic E-state index is -4.95. The van der Waals surface area contributed by atoms with Crippen LogP contribution in [-0.4, -0.2) is 75.4 Å². The first-order chi connectivity index (χ1) is 14.5. The summed E-state index contributed by atoms with van der Waals surface area (Å²) in [5.41, 5.74) is -2.35. The fourth-order valence-corrected chi connectivity index (χ4v) is 3.47. The van der Waals surface area contributed by atoms with Crippen molar-refractivity contribution in [1.29, 1.82) is 5.26 Å². The second kappa shape index (κ2) is 11.6. The van der Waals surface area contributed by atoms with Crippen LogP contribution in [0.15, 0.2) is 24.3 Å². The minimum absolute atomic E-state index is 0. The van der Waals surface area contributed by atoms with Crippen LogP contribution in [0.4, 0.5) is 33.5 Å². The van der Waals surface area contributed by atoms with E-state index < -0.39 is 42.1 Å². The molecule has 1 aromatic carbocycles. The summed E-state index contributed by atoms with van der Waals surface area (Å²) in [6.45, 7) is 0.948. The number of benzene rings is 1. The van der Waals surface area contributed by atoms with Gasteiger partial charge in [0.1, 0.15) is 11.9 Å². The van der Waals surface area contributed by atoms with Crippen molar-refractivity contribution >= 4 is 62.9 Å². The Bertz CT molecular complexity index is 1020. The van der Waals surface area contributed by atoms with E-state index in [1.54, 1.807) is 18.2 Å². The van der Waals surface area contributed by atoms with Crippen molar-refractivity contribution in [2.75, 3.05) is 23.3 Å². The molecular weight excluding hydrogens is 519 g/mol. The van der Waals surface area contributed by atoms with E-state index in [0.717, 1.165) is 0 Å². The maximum absolute atomic E-state index is 13.8. The summed E-state index contributed by atoms with van der Waals surface area (Å²) in [4.78, 5) is 17.9. The van der Waals surface area contributed by atoms with Crippen molar-refractivity contribution in [2.45, 2.75) is 38.3 Å². The van der Waals surface area contributed by atoms with Gasteiger partial charge in [-0.15, -0.1) is 6.07 Å². The SMILES string of the molecule is Cc1c(C#N)c(C(F)(F)F)nc(N2CCCC(F)(F)CC2)c1C(=O)Nc1c[c-]ccc1.[CH3-].[Sr+2]. The van der Waals surface area contributed by atoms with E-state index in [0.29, 0.717) is 5.69 Å². The number of nitriles is 1. The molecule has 0 spiro atoms. The van der Waals surface area contributed by atoms with Crippen LogP contribution in [-0.2, 0) is 6.18 Å². The molecule has 1 aliphatic rings. The Morgan fingerprint density at radius 2 is 2.00 bits per heavy atom. The van der Waals surface area contributed by atoms with Gasteiger partial charge >= 0.3 is 51.7 Å². The Morgan fingerprint density at radius 1 is 1.30 bits per heavy atom. The van der Waals surface area contributed by atoms with Gasteiger partial charge in [-0.3, -0.25) is 4.79 Å². The standard InChI is InChI=1S/C21H18F5N4O.CH3.Sr/c1-13-15(12-27)17(21(24,25)26)29-18(30-10-5-8-20(22,23)9-11-30)16(13)19(31)28-14-6-3-2-4-7-14;;/h2-3,6-7H,5,8-11H2,1H3,(H,28,31);1H3;/q2*-1;+2. The third kappa shape index (κ3) is 6.88. The number of aromatic nitrogens is 1. The molecule has 0 unspecified atom stereocenters. The number of carbonyl (C=O) groups excluding carboxylic acids is 1. The zero-order chi connectivity index (χ0) is 22.8. The molecule has 0 saturated carbocycles. The van der Waals surface area contributed by atoms with E-state index in [4.69, 9.17) is 0 Å². The van der Waals surface area contributed by atoms with Crippen LogP contribution in [0.25, 0.3) is 0 Å². The average molecular weight is 540 g/mol. The molecule has 2 aromatic rings. The van der Waals surface area contributed by atoms with Crippen LogP contribution in [0, 0.1) is 31.7 Å². The molecule has 1 amide bonds. The van der Waals surface area contributed by atoms with E-state index >= 15 is 0 Å². The van der Waals surface area contributed by atoms with Gasteiger partial charge in [0.25, 0.3) is 0 Å². The zero-order valence-electron chi connectivity index (χ0n) is 18.2. The van der Waals surface area contributed by atoms with Gasteiger partial charge in [-0.05, 0) is 18.9 Å². The number of halogens is 5. The molecule has 11 heteroatoms. The second-order valence-corrected chi connectivity index (χ2v) is 7.21. The van der Waals surface area contributed by atoms with Gasteiger partial charge in [-0.25, -0.2) is 13.8 Å². The Kier molecular flexibility index (Phi) is 10.3. The first-order valence-electron chi connectivity index (χ1n) is 9.45. The molecule has 2 heterocycles. The number of hydrogen-bond donors (Lipinski definition) is 1. The topological polar surface area (TPSA) is 69.0 Å². The number of nitrogens with zero attached hydrogens (tertiary/aromatic N) is 3. The van der Waals surface area contributed by atoms with E-state index in [1.165, 1.54) is 24.0 Å². The molecule has 1 aliphatic heterocycles. The van der Waals surface area contributed by atoms with E-state index in [9.17, 15) is 32.0 Å². The quantitative estimate of drug-likeness (QED) is 0.337. The Morgan fingerprint density at radius 3 is 2.58 bits per heavy atom. The summed E-state index contributed by atoms with van der Waals surface area (Å²) in [5.74, 6) is -4.11. The Labute approximate surface area is 226 Å². The normalized spacial score (nSPS) is 15.4. The second-order valence-electron chi connectivity index (χ2n) is 7.21. The number of carbonyl (C=O) groups is 1. The summed E-state index contributed by atoms with van der Waals surface area (Å²) in [6, 6.07) is 10.4. The van der Waals surface area contributed by atoms with Gasteiger partial charge in [0.05, 0.1) is 11.1 Å². The summed E-state index contributed by atoms with van der Waals surface area (Å²) in [7, 11) is 0. The van der Waals surface area contributed by atoms with Crippen LogP contribution >= 0.6 is 0 Å². The molecule has 172 valence electrons. The van der Waals surface area contributed by atoms with Crippen molar-refractivity contribution < 1.29 is 26.7 Å². The fraction of sp³-hybridized carbons (Fsp3) is 0.364. The fourth-order valence-electron chi connectivity index (χ4n) is 3.47. The third-order valence-corrected chi connectivity index (χ3v) is 5.02. The van der Waals surface area contributed by atoms with Gasteiger partial charge < -0.3 is 17.6 Å². The van der Waals surface area contributed by atoms with Gasteiger partial charge in [0.15, 0.2) is 5.69 Å². The molecule has 1 N–H and O–H groups in total. The molecular formula is C22H21F5N4OSr. The first-order valence-corrected chi connectivity index (χ1v) is 9.45. The first kappa shape index (κ1) is 29.3. The molecule has 5 nitrogen and oxygen atoms in total. The molecule has 0 aliphatic carbocycles. The number of alkyl halides is 5. The molecule has 1 fully saturated rings. The number of rotatable bonds is 3. The Balaban J connectivity index is 0.00000272. The molecule has 1 saturated heterocycles. The molecule has 33 heavy (non-hydrogen) atoms. The average Bonchev–Trinajstić information content (AvgIpc) is 2.87. The molecule has 1 aromatic heterocycles. The smallest absolute Gasteiger partial charge is 0.375 e. The van der Waals surface area contributed by atoms with Gasteiger partial charge in [0, 0.05) is 25.9 Å². The zero-order valence-corrected chi connectivity index (χ0v) is 21.7. The van der Waals surface area contributed by atoms with Gasteiger partial charge in [-0.2, -0.15) is 42.7 Å². The number of pyridine rings is 1. The summed E-state index contributed by atoms with van der Waals surface area (Å²) < 4.78 is 68.4. The summed E-state index contributed by atoms with van der Waals surface area (Å²) in [5, 5.41) is 11.9. The molecule has 0 radical (unpaired) electrons. The van der Waals surface area contributed by atoms with Crippen molar-refractivity contribution in [1.82, 2.24) is 4.98 Å². The summed E-state index contributed by atoms with van der Waals surface area (Å²) >= 11 is 0. The van der Waals surface area contributed by atoms with E-state index in [-0.39, 0.29) is 89.4 Å². The number of anilines is 2. The molecule has 0 atom stereocenters. The molecule has 3 rings (SSSR count). The molecule has 0 bridgehead atoms. The van der Waals surface area contributed by atoms with Crippen LogP contribution < -0.4 is 10.2 Å². The number of hydrogen-bond acceptors (Lipinski definition) is 4. The van der Waals surface area contributed by atoms with Gasteiger partial charge in [0.2, 0.25) is 11.8 Å². The third-order valence-electron chi connectivity index (χ3n) is 5.02. The van der Waals surface area contributed by atoms with Crippen molar-refractivity contribution in [3.63, 3.8) is 0 Å². The summed E-state index contributed by atoms with van der Waals surface area (Å²) in [6.07, 6.45) is -5.93. The monoisotopic (exact) mass is 540 g/mol. The van der Waals surface area contributed by atoms with Crippen molar-refractivity contribution in [3.05, 3.63) is 60.1 Å². The minimum Gasteiger partial charge on any atom is -0.375 e. The van der Waals surface area contributed by atoms with Crippen molar-refractivity contribution in [2.24, 2.45) is 0 Å².